The highest BCUT2D eigenvalue weighted by atomic mass is 15.2. The summed E-state index contributed by atoms with van der Waals surface area (Å²) in [6, 6.07) is 1.63. The van der Waals surface area contributed by atoms with Gasteiger partial charge in [-0.2, -0.15) is 0 Å². The monoisotopic (exact) mass is 210 g/mol. The second-order valence-electron chi connectivity index (χ2n) is 6.13. The highest BCUT2D eigenvalue weighted by Crippen LogP contribution is 2.49. The van der Waals surface area contributed by atoms with Crippen LogP contribution in [0.1, 0.15) is 40.5 Å². The van der Waals surface area contributed by atoms with Crippen molar-refractivity contribution in [2.45, 2.75) is 52.6 Å². The molecule has 2 aliphatic rings. The van der Waals surface area contributed by atoms with Crippen molar-refractivity contribution in [3.8, 4) is 0 Å². The van der Waals surface area contributed by atoms with E-state index in [1.807, 2.05) is 0 Å². The Morgan fingerprint density at radius 3 is 2.53 bits per heavy atom. The fraction of sp³-hybridized carbons (Fsp3) is 1.00. The van der Waals surface area contributed by atoms with Crippen LogP contribution in [0.15, 0.2) is 0 Å². The Hall–Kier alpha value is -0.0800. The lowest BCUT2D eigenvalue weighted by atomic mass is 9.93. The van der Waals surface area contributed by atoms with Crippen molar-refractivity contribution in [3.05, 3.63) is 0 Å². The highest BCUT2D eigenvalue weighted by molar-refractivity contribution is 5.04. The molecule has 1 heterocycles. The van der Waals surface area contributed by atoms with E-state index < -0.39 is 0 Å². The summed E-state index contributed by atoms with van der Waals surface area (Å²) < 4.78 is 0. The van der Waals surface area contributed by atoms with Gasteiger partial charge in [0.1, 0.15) is 0 Å². The molecule has 0 spiro atoms. The van der Waals surface area contributed by atoms with E-state index in [0.29, 0.717) is 5.41 Å². The quantitative estimate of drug-likeness (QED) is 0.767. The van der Waals surface area contributed by atoms with Gasteiger partial charge in [0.25, 0.3) is 0 Å². The van der Waals surface area contributed by atoms with Crippen LogP contribution in [0.25, 0.3) is 0 Å². The molecular formula is C13H26N2. The minimum Gasteiger partial charge on any atom is -0.314 e. The van der Waals surface area contributed by atoms with Crippen LogP contribution in [0.5, 0.6) is 0 Å². The summed E-state index contributed by atoms with van der Waals surface area (Å²) in [7, 11) is 0. The molecule has 1 aliphatic heterocycles. The minimum atomic E-state index is 0.602. The summed E-state index contributed by atoms with van der Waals surface area (Å²) in [5, 5.41) is 3.61. The lowest BCUT2D eigenvalue weighted by Crippen LogP contribution is -2.49. The first-order chi connectivity index (χ1) is 7.04. The van der Waals surface area contributed by atoms with Crippen molar-refractivity contribution in [2.75, 3.05) is 19.6 Å². The van der Waals surface area contributed by atoms with Gasteiger partial charge >= 0.3 is 0 Å². The molecule has 1 saturated carbocycles. The normalized spacial score (nSPS) is 40.4. The predicted octanol–water partition coefficient (Wildman–Crippen LogP) is 2.10. The van der Waals surface area contributed by atoms with E-state index in [1.165, 1.54) is 25.9 Å². The average molecular weight is 210 g/mol. The number of piperidine rings is 1. The predicted molar refractivity (Wildman–Crippen MR) is 65.0 cm³/mol. The van der Waals surface area contributed by atoms with Gasteiger partial charge < -0.3 is 5.32 Å². The molecule has 88 valence electrons. The van der Waals surface area contributed by atoms with Gasteiger partial charge in [0, 0.05) is 18.6 Å². The zero-order valence-electron chi connectivity index (χ0n) is 10.7. The average Bonchev–Trinajstić information content (AvgIpc) is 2.79. The van der Waals surface area contributed by atoms with Gasteiger partial charge in [-0.05, 0) is 37.3 Å². The fourth-order valence-corrected chi connectivity index (χ4v) is 3.09. The SMILES string of the molecule is CCNC1CCN(C2CC2(C)C)CC1C. The van der Waals surface area contributed by atoms with Crippen molar-refractivity contribution in [1.29, 1.82) is 0 Å². The number of hydrogen-bond acceptors (Lipinski definition) is 2. The van der Waals surface area contributed by atoms with E-state index in [1.54, 1.807) is 0 Å². The van der Waals surface area contributed by atoms with Crippen molar-refractivity contribution in [3.63, 3.8) is 0 Å². The smallest absolute Gasteiger partial charge is 0.0153 e. The molecule has 0 amide bonds. The minimum absolute atomic E-state index is 0.602. The molecule has 3 atom stereocenters. The molecule has 15 heavy (non-hydrogen) atoms. The standard InChI is InChI=1S/C13H26N2/c1-5-14-11-6-7-15(9-10(11)2)12-8-13(12,3)4/h10-12,14H,5-9H2,1-4H3. The lowest BCUT2D eigenvalue weighted by molar-refractivity contribution is 0.128. The summed E-state index contributed by atoms with van der Waals surface area (Å²) in [5.74, 6) is 0.815. The summed E-state index contributed by atoms with van der Waals surface area (Å²) in [6.07, 6.45) is 2.74. The maximum absolute atomic E-state index is 3.61. The van der Waals surface area contributed by atoms with Crippen molar-refractivity contribution in [1.82, 2.24) is 10.2 Å². The third-order valence-electron chi connectivity index (χ3n) is 4.31. The van der Waals surface area contributed by atoms with E-state index in [2.05, 4.69) is 37.9 Å². The summed E-state index contributed by atoms with van der Waals surface area (Å²) >= 11 is 0. The van der Waals surface area contributed by atoms with Gasteiger partial charge in [0.05, 0.1) is 0 Å². The van der Waals surface area contributed by atoms with Crippen molar-refractivity contribution in [2.24, 2.45) is 11.3 Å². The van der Waals surface area contributed by atoms with Crippen LogP contribution < -0.4 is 5.32 Å². The van der Waals surface area contributed by atoms with E-state index in [0.717, 1.165) is 24.5 Å². The molecular weight excluding hydrogens is 184 g/mol. The summed E-state index contributed by atoms with van der Waals surface area (Å²) in [5.41, 5.74) is 0.602. The first-order valence-corrected chi connectivity index (χ1v) is 6.52. The van der Waals surface area contributed by atoms with Crippen LogP contribution in [0, 0.1) is 11.3 Å². The third kappa shape index (κ3) is 2.36. The fourth-order valence-electron chi connectivity index (χ4n) is 3.09. The molecule has 2 heteroatoms. The Balaban J connectivity index is 1.84. The molecule has 0 aromatic heterocycles. The second kappa shape index (κ2) is 4.06. The van der Waals surface area contributed by atoms with E-state index in [-0.39, 0.29) is 0 Å². The zero-order valence-corrected chi connectivity index (χ0v) is 10.7. The van der Waals surface area contributed by atoms with Gasteiger partial charge in [-0.25, -0.2) is 0 Å². The first-order valence-electron chi connectivity index (χ1n) is 6.52. The maximum Gasteiger partial charge on any atom is 0.0153 e. The molecule has 0 aromatic rings. The third-order valence-corrected chi connectivity index (χ3v) is 4.31. The van der Waals surface area contributed by atoms with Gasteiger partial charge in [-0.15, -0.1) is 0 Å². The molecule has 0 radical (unpaired) electrons. The molecule has 1 aliphatic carbocycles. The molecule has 2 rings (SSSR count). The Labute approximate surface area is 94.4 Å². The molecule has 1 saturated heterocycles. The number of hydrogen-bond donors (Lipinski definition) is 1. The van der Waals surface area contributed by atoms with E-state index >= 15 is 0 Å². The van der Waals surface area contributed by atoms with Crippen LogP contribution in [-0.2, 0) is 0 Å². The van der Waals surface area contributed by atoms with Crippen LogP contribution >= 0.6 is 0 Å². The zero-order chi connectivity index (χ0) is 11.1. The lowest BCUT2D eigenvalue weighted by Gasteiger charge is -2.38. The summed E-state index contributed by atoms with van der Waals surface area (Å²) in [4.78, 5) is 2.72. The van der Waals surface area contributed by atoms with Crippen molar-refractivity contribution >= 4 is 0 Å². The number of likely N-dealkylation sites (tertiary alicyclic amines) is 1. The molecule has 0 aromatic carbocycles. The van der Waals surface area contributed by atoms with Crippen LogP contribution in [-0.4, -0.2) is 36.6 Å². The largest absolute Gasteiger partial charge is 0.314 e. The maximum atomic E-state index is 3.61. The van der Waals surface area contributed by atoms with Gasteiger partial charge in [0.2, 0.25) is 0 Å². The summed E-state index contributed by atoms with van der Waals surface area (Å²) in [6.45, 7) is 13.1. The first kappa shape index (κ1) is 11.4. The molecule has 2 nitrogen and oxygen atoms in total. The Kier molecular flexibility index (Phi) is 3.09. The van der Waals surface area contributed by atoms with Crippen LogP contribution in [0.4, 0.5) is 0 Å². The van der Waals surface area contributed by atoms with E-state index in [9.17, 15) is 0 Å². The van der Waals surface area contributed by atoms with Gasteiger partial charge in [-0.1, -0.05) is 27.7 Å². The Bertz CT molecular complexity index is 225. The topological polar surface area (TPSA) is 15.3 Å². The van der Waals surface area contributed by atoms with Gasteiger partial charge in [-0.3, -0.25) is 4.90 Å². The molecule has 2 fully saturated rings. The Morgan fingerprint density at radius 2 is 2.07 bits per heavy atom. The number of nitrogens with one attached hydrogen (secondary N) is 1. The number of nitrogens with zero attached hydrogens (tertiary/aromatic N) is 1. The van der Waals surface area contributed by atoms with Gasteiger partial charge in [0.15, 0.2) is 0 Å². The van der Waals surface area contributed by atoms with Crippen LogP contribution in [0.2, 0.25) is 0 Å². The van der Waals surface area contributed by atoms with Crippen molar-refractivity contribution < 1.29 is 0 Å². The number of rotatable bonds is 3. The molecule has 0 bridgehead atoms. The van der Waals surface area contributed by atoms with E-state index in [4.69, 9.17) is 0 Å². The molecule has 1 N–H and O–H groups in total. The van der Waals surface area contributed by atoms with Crippen LogP contribution in [0.3, 0.4) is 0 Å². The second-order valence-corrected chi connectivity index (χ2v) is 6.13. The Morgan fingerprint density at radius 1 is 1.40 bits per heavy atom. The molecule has 3 unspecified atom stereocenters. The highest BCUT2D eigenvalue weighted by Gasteiger charge is 2.50.